The van der Waals surface area contributed by atoms with Gasteiger partial charge in [-0.2, -0.15) is 0 Å². The van der Waals surface area contributed by atoms with Crippen molar-refractivity contribution < 1.29 is 43.6 Å². The van der Waals surface area contributed by atoms with Crippen LogP contribution >= 0.6 is 23.2 Å². The van der Waals surface area contributed by atoms with Crippen LogP contribution in [0.5, 0.6) is 5.75 Å². The molecule has 0 amide bonds. The molecule has 4 rings (SSSR count). The van der Waals surface area contributed by atoms with Crippen molar-refractivity contribution in [3.8, 4) is 5.75 Å². The number of aromatic nitrogens is 2. The molecule has 1 aliphatic heterocycles. The lowest BCUT2D eigenvalue weighted by atomic mass is 10.1. The zero-order chi connectivity index (χ0) is 32.0. The van der Waals surface area contributed by atoms with E-state index in [0.29, 0.717) is 12.0 Å². The van der Waals surface area contributed by atoms with Crippen molar-refractivity contribution in [2.45, 2.75) is 50.8 Å². The van der Waals surface area contributed by atoms with Crippen LogP contribution in [0, 0.1) is 10.1 Å². The number of ether oxygens (including phenoxy) is 5. The number of aliphatic hydroxyl groups excluding tert-OH is 2. The van der Waals surface area contributed by atoms with Crippen LogP contribution in [0.4, 0.5) is 10.5 Å². The van der Waals surface area contributed by atoms with E-state index in [4.69, 9.17) is 46.9 Å². The summed E-state index contributed by atoms with van der Waals surface area (Å²) in [6, 6.07) is 9.61. The third kappa shape index (κ3) is 8.21. The highest BCUT2D eigenvalue weighted by Crippen LogP contribution is 2.34. The number of benzene rings is 2. The summed E-state index contributed by atoms with van der Waals surface area (Å²) >= 11 is 12.6. The van der Waals surface area contributed by atoms with Crippen molar-refractivity contribution in [2.75, 3.05) is 13.2 Å². The van der Waals surface area contributed by atoms with Gasteiger partial charge in [0.25, 0.3) is 11.2 Å². The van der Waals surface area contributed by atoms with Crippen molar-refractivity contribution in [3.05, 3.63) is 101 Å². The zero-order valence-electron chi connectivity index (χ0n) is 23.0. The van der Waals surface area contributed by atoms with Gasteiger partial charge in [-0.05, 0) is 24.1 Å². The molecule has 1 fully saturated rings. The number of nitro groups is 1. The second-order valence-corrected chi connectivity index (χ2v) is 10.3. The fourth-order valence-corrected chi connectivity index (χ4v) is 4.68. The third-order valence-electron chi connectivity index (χ3n) is 6.49. The molecule has 0 aliphatic carbocycles. The van der Waals surface area contributed by atoms with Gasteiger partial charge in [0.2, 0.25) is 0 Å². The SMILES string of the molecule is CC(OCc1cc(Cl)c(OC(=O)OCCc2ccc([N+](=O)[O-])cc2)cc1Cl)OC1C(O)[C@H](CO)O[C@@H]1n1ccc(=O)[nH]c1=O. The number of hydrogen-bond donors (Lipinski definition) is 3. The normalized spacial score (nSPS) is 20.3. The summed E-state index contributed by atoms with van der Waals surface area (Å²) in [4.78, 5) is 48.2. The molecule has 17 heteroatoms. The number of aliphatic hydroxyl groups is 2. The maximum atomic E-state index is 12.3. The van der Waals surface area contributed by atoms with Crippen LogP contribution in [-0.2, 0) is 32.0 Å². The van der Waals surface area contributed by atoms with Gasteiger partial charge in [0, 0.05) is 41.9 Å². The average Bonchev–Trinajstić information content (AvgIpc) is 3.28. The first-order valence-electron chi connectivity index (χ1n) is 13.1. The first kappa shape index (κ1) is 33.1. The highest BCUT2D eigenvalue weighted by molar-refractivity contribution is 6.34. The summed E-state index contributed by atoms with van der Waals surface area (Å²) in [5.41, 5.74) is -0.357. The quantitative estimate of drug-likeness (QED) is 0.0847. The van der Waals surface area contributed by atoms with E-state index in [0.717, 1.165) is 16.2 Å². The van der Waals surface area contributed by atoms with Crippen molar-refractivity contribution in [1.29, 1.82) is 0 Å². The van der Waals surface area contributed by atoms with Crippen LogP contribution in [0.15, 0.2) is 58.3 Å². The van der Waals surface area contributed by atoms with Crippen LogP contribution in [-0.4, -0.2) is 68.7 Å². The molecule has 0 bridgehead atoms. The molecule has 1 aliphatic rings. The number of hydrogen-bond acceptors (Lipinski definition) is 12. The number of nitrogens with one attached hydrogen (secondary N) is 1. The molecule has 2 heterocycles. The Morgan fingerprint density at radius 2 is 1.91 bits per heavy atom. The van der Waals surface area contributed by atoms with Gasteiger partial charge in [-0.3, -0.25) is 24.5 Å². The summed E-state index contributed by atoms with van der Waals surface area (Å²) in [6.45, 7) is 0.783. The number of non-ortho nitro benzene ring substituents is 1. The highest BCUT2D eigenvalue weighted by Gasteiger charge is 2.46. The average molecular weight is 656 g/mol. The second kappa shape index (κ2) is 14.8. The molecular formula is C27H27Cl2N3O12. The van der Waals surface area contributed by atoms with E-state index in [9.17, 15) is 34.7 Å². The fraction of sp³-hybridized carbons (Fsp3) is 0.370. The number of carbonyl (C=O) groups is 1. The number of aromatic amines is 1. The van der Waals surface area contributed by atoms with Crippen molar-refractivity contribution in [1.82, 2.24) is 9.55 Å². The Labute approximate surface area is 258 Å². The van der Waals surface area contributed by atoms with Crippen LogP contribution < -0.4 is 16.0 Å². The lowest BCUT2D eigenvalue weighted by Crippen LogP contribution is -2.41. The Bertz CT molecular complexity index is 1600. The molecule has 3 N–H and O–H groups in total. The monoisotopic (exact) mass is 655 g/mol. The number of halogens is 2. The smallest absolute Gasteiger partial charge is 0.434 e. The number of carbonyl (C=O) groups excluding carboxylic acids is 1. The summed E-state index contributed by atoms with van der Waals surface area (Å²) in [6.07, 6.45) is -5.29. The van der Waals surface area contributed by atoms with Crippen molar-refractivity contribution >= 4 is 35.0 Å². The van der Waals surface area contributed by atoms with E-state index < -0.39 is 59.8 Å². The summed E-state index contributed by atoms with van der Waals surface area (Å²) in [5, 5.41) is 31.1. The minimum absolute atomic E-state index is 0.0248. The van der Waals surface area contributed by atoms with Gasteiger partial charge in [-0.15, -0.1) is 0 Å². The van der Waals surface area contributed by atoms with Crippen molar-refractivity contribution in [2.24, 2.45) is 0 Å². The maximum Gasteiger partial charge on any atom is 0.513 e. The molecule has 3 unspecified atom stereocenters. The number of nitro benzene ring substituents is 1. The first-order valence-corrected chi connectivity index (χ1v) is 13.8. The Morgan fingerprint density at radius 3 is 2.57 bits per heavy atom. The largest absolute Gasteiger partial charge is 0.513 e. The van der Waals surface area contributed by atoms with E-state index >= 15 is 0 Å². The van der Waals surface area contributed by atoms with Gasteiger partial charge in [-0.25, -0.2) is 9.59 Å². The standard InChI is InChI=1S/C27H27Cl2N3O12/c1-14(42-24-23(35)21(12-33)43-25(24)31-8-6-22(34)30-26(31)36)41-13-16-10-19(29)20(11-18(16)28)44-27(37)40-9-7-15-2-4-17(5-3-15)32(38)39/h2-6,8,10-11,14,21,23-25,33,35H,7,9,12-13H2,1H3,(H,30,34,36)/t14?,21-,23?,24?,25-/m0/s1. The third-order valence-corrected chi connectivity index (χ3v) is 7.14. The molecular weight excluding hydrogens is 629 g/mol. The number of H-pyrrole nitrogens is 1. The Morgan fingerprint density at radius 1 is 1.18 bits per heavy atom. The lowest BCUT2D eigenvalue weighted by molar-refractivity contribution is -0.384. The minimum atomic E-state index is -1.33. The molecule has 44 heavy (non-hydrogen) atoms. The van der Waals surface area contributed by atoms with Crippen LogP contribution in [0.25, 0.3) is 0 Å². The van der Waals surface area contributed by atoms with Gasteiger partial charge < -0.3 is 33.9 Å². The van der Waals surface area contributed by atoms with E-state index in [1.54, 1.807) is 12.1 Å². The molecule has 15 nitrogen and oxygen atoms in total. The lowest BCUT2D eigenvalue weighted by Gasteiger charge is -2.25. The fourth-order valence-electron chi connectivity index (χ4n) is 4.25. The van der Waals surface area contributed by atoms with Gasteiger partial charge in [0.05, 0.1) is 29.8 Å². The Hall–Kier alpha value is -3.83. The van der Waals surface area contributed by atoms with Crippen LogP contribution in [0.2, 0.25) is 10.0 Å². The van der Waals surface area contributed by atoms with Gasteiger partial charge >= 0.3 is 11.8 Å². The number of nitrogens with zero attached hydrogens (tertiary/aromatic N) is 2. The molecule has 2 aromatic carbocycles. The van der Waals surface area contributed by atoms with Crippen LogP contribution in [0.3, 0.4) is 0 Å². The van der Waals surface area contributed by atoms with E-state index in [1.165, 1.54) is 37.4 Å². The van der Waals surface area contributed by atoms with Crippen LogP contribution in [0.1, 0.15) is 24.3 Å². The molecule has 1 aromatic heterocycles. The molecule has 236 valence electrons. The molecule has 0 saturated carbocycles. The molecule has 0 radical (unpaired) electrons. The Balaban J connectivity index is 1.31. The van der Waals surface area contributed by atoms with Gasteiger partial charge in [0.1, 0.15) is 18.3 Å². The highest BCUT2D eigenvalue weighted by atomic mass is 35.5. The summed E-state index contributed by atoms with van der Waals surface area (Å²) in [5.74, 6) is -0.0690. The predicted molar refractivity (Wildman–Crippen MR) is 153 cm³/mol. The van der Waals surface area contributed by atoms with Gasteiger partial charge in [0.15, 0.2) is 18.3 Å². The molecule has 0 spiro atoms. The van der Waals surface area contributed by atoms with Crippen molar-refractivity contribution in [3.63, 3.8) is 0 Å². The van der Waals surface area contributed by atoms with E-state index in [1.807, 2.05) is 0 Å². The van der Waals surface area contributed by atoms with E-state index in [-0.39, 0.29) is 34.7 Å². The second-order valence-electron chi connectivity index (χ2n) is 9.48. The van der Waals surface area contributed by atoms with Gasteiger partial charge in [-0.1, -0.05) is 35.3 Å². The predicted octanol–water partition coefficient (Wildman–Crippen LogP) is 2.71. The zero-order valence-corrected chi connectivity index (χ0v) is 24.5. The minimum Gasteiger partial charge on any atom is -0.434 e. The molecule has 3 aromatic rings. The summed E-state index contributed by atoms with van der Waals surface area (Å²) < 4.78 is 28.3. The first-order chi connectivity index (χ1) is 21.0. The summed E-state index contributed by atoms with van der Waals surface area (Å²) in [7, 11) is 0. The molecule has 1 saturated heterocycles. The van der Waals surface area contributed by atoms with E-state index in [2.05, 4.69) is 4.98 Å². The number of rotatable bonds is 12. The molecule has 5 atom stereocenters. The maximum absolute atomic E-state index is 12.3. The topological polar surface area (TPSA) is 202 Å². The Kier molecular flexibility index (Phi) is 11.1.